The van der Waals surface area contributed by atoms with Crippen molar-refractivity contribution in [2.45, 2.75) is 13.3 Å². The lowest BCUT2D eigenvalue weighted by Gasteiger charge is -1.97. The van der Waals surface area contributed by atoms with Crippen molar-refractivity contribution in [1.82, 2.24) is 8.75 Å². The highest BCUT2D eigenvalue weighted by Crippen LogP contribution is 2.12. The molecule has 0 aliphatic carbocycles. The number of carbonyl (C=O) groups is 1. The highest BCUT2D eigenvalue weighted by atomic mass is 32.1. The van der Waals surface area contributed by atoms with Crippen molar-refractivity contribution in [2.75, 3.05) is 0 Å². The van der Waals surface area contributed by atoms with E-state index in [9.17, 15) is 4.79 Å². The van der Waals surface area contributed by atoms with Crippen LogP contribution >= 0.6 is 11.7 Å². The van der Waals surface area contributed by atoms with E-state index in [4.69, 9.17) is 0 Å². The van der Waals surface area contributed by atoms with Gasteiger partial charge in [-0.3, -0.25) is 4.79 Å². The maximum absolute atomic E-state index is 12.0. The molecular weight excluding hydrogens is 208 g/mol. The predicted molar refractivity (Wildman–Crippen MR) is 59.2 cm³/mol. The second-order valence-electron chi connectivity index (χ2n) is 3.11. The third-order valence-corrected chi connectivity index (χ3v) is 2.71. The van der Waals surface area contributed by atoms with Crippen molar-refractivity contribution in [2.24, 2.45) is 0 Å². The summed E-state index contributed by atoms with van der Waals surface area (Å²) in [5.74, 6) is -0.0406. The number of aromatic nitrogens is 2. The maximum atomic E-state index is 12.0. The Morgan fingerprint density at radius 1 is 1.27 bits per heavy atom. The van der Waals surface area contributed by atoms with Crippen molar-refractivity contribution in [3.8, 4) is 0 Å². The molecule has 0 saturated heterocycles. The third kappa shape index (κ3) is 1.94. The van der Waals surface area contributed by atoms with Gasteiger partial charge in [-0.1, -0.05) is 37.3 Å². The van der Waals surface area contributed by atoms with E-state index in [0.29, 0.717) is 11.3 Å². The van der Waals surface area contributed by atoms with Crippen LogP contribution in [0, 0.1) is 0 Å². The van der Waals surface area contributed by atoms with E-state index in [2.05, 4.69) is 8.75 Å². The lowest BCUT2D eigenvalue weighted by molar-refractivity contribution is 0.103. The smallest absolute Gasteiger partial charge is 0.214 e. The van der Waals surface area contributed by atoms with Crippen molar-refractivity contribution in [3.63, 3.8) is 0 Å². The molecule has 0 aliphatic rings. The van der Waals surface area contributed by atoms with Gasteiger partial charge in [-0.2, -0.15) is 8.75 Å². The van der Waals surface area contributed by atoms with E-state index in [1.165, 1.54) is 0 Å². The molecule has 1 aromatic carbocycles. The Morgan fingerprint density at radius 3 is 2.67 bits per heavy atom. The van der Waals surface area contributed by atoms with Gasteiger partial charge in [-0.15, -0.1) is 0 Å². The fraction of sp³-hybridized carbons (Fsp3) is 0.182. The first-order chi connectivity index (χ1) is 7.33. The first kappa shape index (κ1) is 9.98. The molecule has 2 rings (SSSR count). The topological polar surface area (TPSA) is 42.9 Å². The lowest BCUT2D eigenvalue weighted by Crippen LogP contribution is -2.04. The van der Waals surface area contributed by atoms with Gasteiger partial charge in [0.25, 0.3) is 0 Å². The molecule has 0 unspecified atom stereocenters. The van der Waals surface area contributed by atoms with Crippen LogP contribution in [0.15, 0.2) is 30.3 Å². The number of hydrogen-bond acceptors (Lipinski definition) is 4. The zero-order chi connectivity index (χ0) is 10.7. The summed E-state index contributed by atoms with van der Waals surface area (Å²) >= 11 is 1.09. The molecule has 0 saturated carbocycles. The van der Waals surface area contributed by atoms with Gasteiger partial charge in [0.1, 0.15) is 5.69 Å². The number of nitrogens with zero attached hydrogens (tertiary/aromatic N) is 2. The number of benzene rings is 1. The Labute approximate surface area is 92.1 Å². The second kappa shape index (κ2) is 4.31. The first-order valence-electron chi connectivity index (χ1n) is 4.74. The van der Waals surface area contributed by atoms with Crippen LogP contribution in [-0.2, 0) is 6.42 Å². The largest absolute Gasteiger partial charge is 0.287 e. The summed E-state index contributed by atoms with van der Waals surface area (Å²) in [6.07, 6.45) is 0.740. The summed E-state index contributed by atoms with van der Waals surface area (Å²) in [6.45, 7) is 1.97. The molecule has 0 bridgehead atoms. The summed E-state index contributed by atoms with van der Waals surface area (Å²) in [6, 6.07) is 9.16. The minimum absolute atomic E-state index is 0.0406. The van der Waals surface area contributed by atoms with Gasteiger partial charge in [-0.05, 0) is 6.42 Å². The zero-order valence-electron chi connectivity index (χ0n) is 8.30. The molecule has 0 aliphatic heterocycles. The van der Waals surface area contributed by atoms with Crippen LogP contribution in [-0.4, -0.2) is 14.5 Å². The Bertz CT molecular complexity index is 464. The lowest BCUT2D eigenvalue weighted by atomic mass is 10.1. The van der Waals surface area contributed by atoms with Crippen LogP contribution in [0.2, 0.25) is 0 Å². The fourth-order valence-electron chi connectivity index (χ4n) is 1.34. The van der Waals surface area contributed by atoms with Crippen LogP contribution in [0.4, 0.5) is 0 Å². The number of aryl methyl sites for hydroxylation is 1. The van der Waals surface area contributed by atoms with Crippen LogP contribution in [0.3, 0.4) is 0 Å². The summed E-state index contributed by atoms with van der Waals surface area (Å²) in [5, 5.41) is 0. The molecule has 3 nitrogen and oxygen atoms in total. The Balaban J connectivity index is 2.37. The second-order valence-corrected chi connectivity index (χ2v) is 3.64. The molecule has 0 radical (unpaired) electrons. The van der Waals surface area contributed by atoms with E-state index >= 15 is 0 Å². The fourth-order valence-corrected chi connectivity index (χ4v) is 1.96. The molecule has 4 heteroatoms. The van der Waals surface area contributed by atoms with Crippen LogP contribution in [0.25, 0.3) is 0 Å². The van der Waals surface area contributed by atoms with Crippen molar-refractivity contribution < 1.29 is 4.79 Å². The minimum Gasteiger partial charge on any atom is -0.287 e. The maximum Gasteiger partial charge on any atom is 0.214 e. The standard InChI is InChI=1S/C11H10N2OS/c1-2-9-10(13-15-12-9)11(14)8-6-4-3-5-7-8/h3-7H,2H2,1H3. The molecule has 0 atom stereocenters. The average Bonchev–Trinajstić information content (AvgIpc) is 2.77. The van der Waals surface area contributed by atoms with E-state index in [1.54, 1.807) is 12.1 Å². The number of rotatable bonds is 3. The third-order valence-electron chi connectivity index (χ3n) is 2.14. The van der Waals surface area contributed by atoms with Crippen LogP contribution < -0.4 is 0 Å². The molecule has 76 valence electrons. The van der Waals surface area contributed by atoms with Crippen LogP contribution in [0.1, 0.15) is 28.7 Å². The highest BCUT2D eigenvalue weighted by molar-refractivity contribution is 6.99. The quantitative estimate of drug-likeness (QED) is 0.742. The Morgan fingerprint density at radius 2 is 2.00 bits per heavy atom. The predicted octanol–water partition coefficient (Wildman–Crippen LogP) is 2.33. The van der Waals surface area contributed by atoms with E-state index in [-0.39, 0.29) is 5.78 Å². The van der Waals surface area contributed by atoms with E-state index in [1.807, 2.05) is 25.1 Å². The molecular formula is C11H10N2OS. The van der Waals surface area contributed by atoms with Gasteiger partial charge in [0.15, 0.2) is 0 Å². The number of ketones is 1. The molecule has 1 heterocycles. The molecule has 2 aromatic rings. The van der Waals surface area contributed by atoms with Gasteiger partial charge in [0, 0.05) is 5.56 Å². The monoisotopic (exact) mass is 218 g/mol. The number of carbonyl (C=O) groups excluding carboxylic acids is 1. The molecule has 1 aromatic heterocycles. The summed E-state index contributed by atoms with van der Waals surface area (Å²) in [7, 11) is 0. The molecule has 0 amide bonds. The highest BCUT2D eigenvalue weighted by Gasteiger charge is 2.16. The first-order valence-corrected chi connectivity index (χ1v) is 5.47. The normalized spacial score (nSPS) is 10.2. The Kier molecular flexibility index (Phi) is 2.87. The van der Waals surface area contributed by atoms with Gasteiger partial charge in [-0.25, -0.2) is 0 Å². The molecule has 0 fully saturated rings. The minimum atomic E-state index is -0.0406. The van der Waals surface area contributed by atoms with E-state index in [0.717, 1.165) is 23.8 Å². The molecule has 0 spiro atoms. The van der Waals surface area contributed by atoms with Gasteiger partial charge in [0.05, 0.1) is 17.4 Å². The molecule has 0 N–H and O–H groups in total. The zero-order valence-corrected chi connectivity index (χ0v) is 9.12. The summed E-state index contributed by atoms with van der Waals surface area (Å²) < 4.78 is 8.14. The summed E-state index contributed by atoms with van der Waals surface area (Å²) in [4.78, 5) is 12.0. The van der Waals surface area contributed by atoms with Gasteiger partial charge in [0.2, 0.25) is 5.78 Å². The van der Waals surface area contributed by atoms with Gasteiger partial charge < -0.3 is 0 Å². The van der Waals surface area contributed by atoms with Crippen molar-refractivity contribution in [3.05, 3.63) is 47.3 Å². The van der Waals surface area contributed by atoms with Gasteiger partial charge >= 0.3 is 0 Å². The number of hydrogen-bond donors (Lipinski definition) is 0. The van der Waals surface area contributed by atoms with E-state index < -0.39 is 0 Å². The Hall–Kier alpha value is -1.55. The van der Waals surface area contributed by atoms with Crippen molar-refractivity contribution in [1.29, 1.82) is 0 Å². The summed E-state index contributed by atoms with van der Waals surface area (Å²) in [5.41, 5.74) is 1.95. The average molecular weight is 218 g/mol. The SMILES string of the molecule is CCc1nsnc1C(=O)c1ccccc1. The van der Waals surface area contributed by atoms with Crippen LogP contribution in [0.5, 0.6) is 0 Å². The molecule has 15 heavy (non-hydrogen) atoms. The van der Waals surface area contributed by atoms with Crippen molar-refractivity contribution >= 4 is 17.5 Å².